The Morgan fingerprint density at radius 2 is 1.69 bits per heavy atom. The van der Waals surface area contributed by atoms with Crippen LogP contribution in [0.4, 0.5) is 0 Å². The van der Waals surface area contributed by atoms with Gasteiger partial charge in [0.15, 0.2) is 18.1 Å². The monoisotopic (exact) mass is 521 g/mol. The van der Waals surface area contributed by atoms with Crippen LogP contribution in [0.25, 0.3) is 0 Å². The minimum Gasteiger partial charge on any atom is -0.482 e. The highest BCUT2D eigenvalue weighted by Crippen LogP contribution is 2.33. The number of ether oxygens (including phenoxy) is 3. The number of nitrogens with zero attached hydrogens (tertiary/aromatic N) is 3. The van der Waals surface area contributed by atoms with E-state index in [1.165, 1.54) is 16.4 Å². The lowest BCUT2D eigenvalue weighted by molar-refractivity contribution is -0.135. The third kappa shape index (κ3) is 5.35. The summed E-state index contributed by atoms with van der Waals surface area (Å²) in [7, 11) is -3.73. The van der Waals surface area contributed by atoms with Gasteiger partial charge in [-0.1, -0.05) is 17.7 Å². The smallest absolute Gasteiger partial charge is 0.260 e. The number of sulfonamides is 1. The van der Waals surface area contributed by atoms with Crippen molar-refractivity contribution in [1.82, 2.24) is 14.1 Å². The van der Waals surface area contributed by atoms with Crippen molar-refractivity contribution in [3.63, 3.8) is 0 Å². The molecule has 11 heteroatoms. The van der Waals surface area contributed by atoms with Gasteiger partial charge in [0, 0.05) is 50.8 Å². The van der Waals surface area contributed by atoms with Crippen molar-refractivity contribution in [3.05, 3.63) is 47.0 Å². The summed E-state index contributed by atoms with van der Waals surface area (Å²) in [6.45, 7) is 4.35. The number of carbonyl (C=O) groups is 1. The Morgan fingerprint density at radius 1 is 0.943 bits per heavy atom. The van der Waals surface area contributed by atoms with E-state index < -0.39 is 10.0 Å². The first kappa shape index (κ1) is 24.2. The predicted molar refractivity (Wildman–Crippen MR) is 129 cm³/mol. The van der Waals surface area contributed by atoms with Gasteiger partial charge in [0.1, 0.15) is 10.6 Å². The second-order valence-electron chi connectivity index (χ2n) is 8.84. The first-order valence-electron chi connectivity index (χ1n) is 11.7. The molecule has 2 fully saturated rings. The van der Waals surface area contributed by atoms with Gasteiger partial charge in [-0.25, -0.2) is 8.42 Å². The number of piperazine rings is 1. The zero-order valence-electron chi connectivity index (χ0n) is 19.3. The van der Waals surface area contributed by atoms with Gasteiger partial charge < -0.3 is 19.1 Å². The molecule has 9 nitrogen and oxygen atoms in total. The largest absolute Gasteiger partial charge is 0.482 e. The van der Waals surface area contributed by atoms with Crippen molar-refractivity contribution in [2.45, 2.75) is 24.3 Å². The van der Waals surface area contributed by atoms with Gasteiger partial charge in [-0.2, -0.15) is 4.31 Å². The van der Waals surface area contributed by atoms with Gasteiger partial charge in [-0.3, -0.25) is 9.69 Å². The molecular formula is C24H28ClN3O6S. The van der Waals surface area contributed by atoms with Gasteiger partial charge in [-0.05, 0) is 48.7 Å². The number of halogens is 1. The third-order valence-corrected chi connectivity index (χ3v) is 8.66. The maximum atomic E-state index is 13.1. The molecule has 5 rings (SSSR count). The highest BCUT2D eigenvalue weighted by Gasteiger charge is 2.31. The Hall–Kier alpha value is -2.53. The quantitative estimate of drug-likeness (QED) is 0.553. The van der Waals surface area contributed by atoms with Crippen LogP contribution in [0.15, 0.2) is 41.3 Å². The molecule has 0 radical (unpaired) electrons. The molecule has 2 aromatic rings. The molecule has 0 N–H and O–H groups in total. The minimum absolute atomic E-state index is 0.00763. The van der Waals surface area contributed by atoms with Crippen LogP contribution in [0.2, 0.25) is 5.02 Å². The summed E-state index contributed by atoms with van der Waals surface area (Å²) in [5, 5.41) is 0.306. The summed E-state index contributed by atoms with van der Waals surface area (Å²) < 4.78 is 44.1. The Morgan fingerprint density at radius 3 is 2.46 bits per heavy atom. The molecule has 0 aliphatic carbocycles. The molecule has 0 saturated carbocycles. The molecule has 3 aliphatic rings. The van der Waals surface area contributed by atoms with Crippen molar-refractivity contribution in [1.29, 1.82) is 0 Å². The molecule has 188 valence electrons. The van der Waals surface area contributed by atoms with Crippen LogP contribution < -0.4 is 14.2 Å². The van der Waals surface area contributed by atoms with Gasteiger partial charge in [-0.15, -0.1) is 0 Å². The molecule has 0 aromatic heterocycles. The highest BCUT2D eigenvalue weighted by atomic mass is 35.5. The van der Waals surface area contributed by atoms with Crippen molar-refractivity contribution in [3.8, 4) is 17.2 Å². The van der Waals surface area contributed by atoms with Crippen molar-refractivity contribution < 1.29 is 27.4 Å². The van der Waals surface area contributed by atoms with Gasteiger partial charge in [0.05, 0.1) is 0 Å². The number of benzene rings is 2. The SMILES string of the molecule is O=C(COc1ccc(Cl)cc1S(=O)(=O)N1CCCC1)N1CCN(Cc2ccc3c(c2)OCO3)CC1. The Labute approximate surface area is 210 Å². The van der Waals surface area contributed by atoms with E-state index in [1.807, 2.05) is 18.2 Å². The summed E-state index contributed by atoms with van der Waals surface area (Å²) in [5.74, 6) is 1.51. The second kappa shape index (κ2) is 10.2. The minimum atomic E-state index is -3.73. The van der Waals surface area contributed by atoms with E-state index in [0.29, 0.717) is 31.2 Å². The topological polar surface area (TPSA) is 88.6 Å². The summed E-state index contributed by atoms with van der Waals surface area (Å²) in [5.41, 5.74) is 1.13. The van der Waals surface area contributed by atoms with Gasteiger partial charge in [0.25, 0.3) is 5.91 Å². The Bertz CT molecular complexity index is 1190. The number of carbonyl (C=O) groups excluding carboxylic acids is 1. The third-order valence-electron chi connectivity index (χ3n) is 6.51. The molecule has 35 heavy (non-hydrogen) atoms. The van der Waals surface area contributed by atoms with Gasteiger partial charge in [0.2, 0.25) is 16.8 Å². The predicted octanol–water partition coefficient (Wildman–Crippen LogP) is 2.58. The summed E-state index contributed by atoms with van der Waals surface area (Å²) in [4.78, 5) is 16.9. The molecule has 0 atom stereocenters. The van der Waals surface area contributed by atoms with Gasteiger partial charge >= 0.3 is 0 Å². The van der Waals surface area contributed by atoms with E-state index in [2.05, 4.69) is 4.90 Å². The zero-order chi connectivity index (χ0) is 24.4. The lowest BCUT2D eigenvalue weighted by Gasteiger charge is -2.34. The normalized spacial score (nSPS) is 18.7. The second-order valence-corrected chi connectivity index (χ2v) is 11.2. The highest BCUT2D eigenvalue weighted by molar-refractivity contribution is 7.89. The molecular weight excluding hydrogens is 494 g/mol. The van der Waals surface area contributed by atoms with Crippen molar-refractivity contribution in [2.75, 3.05) is 52.7 Å². The fourth-order valence-corrected chi connectivity index (χ4v) is 6.46. The van der Waals surface area contributed by atoms with Crippen LogP contribution in [-0.4, -0.2) is 81.1 Å². The average Bonchev–Trinajstić information content (AvgIpc) is 3.56. The summed E-state index contributed by atoms with van der Waals surface area (Å²) in [6, 6.07) is 10.4. The van der Waals surface area contributed by atoms with E-state index in [4.69, 9.17) is 25.8 Å². The molecule has 2 saturated heterocycles. The molecule has 0 spiro atoms. The lowest BCUT2D eigenvalue weighted by Crippen LogP contribution is -2.49. The Balaban J connectivity index is 1.16. The lowest BCUT2D eigenvalue weighted by atomic mass is 10.1. The van der Waals surface area contributed by atoms with Crippen LogP contribution in [0.1, 0.15) is 18.4 Å². The molecule has 0 unspecified atom stereocenters. The van der Waals surface area contributed by atoms with Crippen molar-refractivity contribution >= 4 is 27.5 Å². The Kier molecular flexibility index (Phi) is 7.06. The van der Waals surface area contributed by atoms with Crippen LogP contribution in [0.3, 0.4) is 0 Å². The number of rotatable bonds is 7. The molecule has 3 heterocycles. The van der Waals surface area contributed by atoms with Crippen LogP contribution in [-0.2, 0) is 21.4 Å². The number of amides is 1. The van der Waals surface area contributed by atoms with Crippen LogP contribution in [0, 0.1) is 0 Å². The van der Waals surface area contributed by atoms with E-state index in [0.717, 1.165) is 49.5 Å². The standard InChI is InChI=1S/C24H28ClN3O6S/c25-19-4-6-21(23(14-19)35(30,31)28-7-1-2-8-28)32-16-24(29)27-11-9-26(10-12-27)15-18-3-5-20-22(13-18)34-17-33-20/h3-6,13-14H,1-2,7-12,15-17H2. The zero-order valence-corrected chi connectivity index (χ0v) is 20.9. The van der Waals surface area contributed by atoms with E-state index in [1.54, 1.807) is 11.0 Å². The van der Waals surface area contributed by atoms with Crippen molar-refractivity contribution in [2.24, 2.45) is 0 Å². The molecule has 0 bridgehead atoms. The molecule has 1 amide bonds. The molecule has 3 aliphatic heterocycles. The maximum Gasteiger partial charge on any atom is 0.260 e. The number of fused-ring (bicyclic) bond motifs is 1. The fourth-order valence-electron chi connectivity index (χ4n) is 4.55. The maximum absolute atomic E-state index is 13.1. The number of hydrogen-bond donors (Lipinski definition) is 0. The molecule has 2 aromatic carbocycles. The summed E-state index contributed by atoms with van der Waals surface area (Å²) >= 11 is 6.08. The van der Waals surface area contributed by atoms with E-state index in [9.17, 15) is 13.2 Å². The summed E-state index contributed by atoms with van der Waals surface area (Å²) in [6.07, 6.45) is 1.66. The first-order valence-corrected chi connectivity index (χ1v) is 13.5. The fraction of sp³-hybridized carbons (Fsp3) is 0.458. The number of hydrogen-bond acceptors (Lipinski definition) is 7. The van der Waals surface area contributed by atoms with E-state index >= 15 is 0 Å². The average molecular weight is 522 g/mol. The first-order chi connectivity index (χ1) is 16.9. The van der Waals surface area contributed by atoms with Crippen LogP contribution >= 0.6 is 11.6 Å². The van der Waals surface area contributed by atoms with Crippen LogP contribution in [0.5, 0.6) is 17.2 Å². The van der Waals surface area contributed by atoms with E-state index in [-0.39, 0.29) is 30.0 Å².